The summed E-state index contributed by atoms with van der Waals surface area (Å²) >= 11 is 0. The molecule has 110 valence electrons. The number of amides is 1. The zero-order valence-electron chi connectivity index (χ0n) is 11.4. The Kier molecular flexibility index (Phi) is 4.62. The Morgan fingerprint density at radius 3 is 2.14 bits per heavy atom. The fraction of sp³-hybridized carbons (Fsp3) is 0.188. The number of hydrogen-bond donors (Lipinski definition) is 1. The topological polar surface area (TPSA) is 29.1 Å². The summed E-state index contributed by atoms with van der Waals surface area (Å²) in [4.78, 5) is 10.3. The van der Waals surface area contributed by atoms with Gasteiger partial charge in [-0.1, -0.05) is 24.3 Å². The summed E-state index contributed by atoms with van der Waals surface area (Å²) < 4.78 is 39.3. The number of nitrogens with one attached hydrogen (secondary N) is 1. The maximum absolute atomic E-state index is 13.2. The minimum atomic E-state index is -1.47. The van der Waals surface area contributed by atoms with Gasteiger partial charge in [0.1, 0.15) is 0 Å². The Bertz CT molecular complexity index is 617. The third-order valence-corrected chi connectivity index (χ3v) is 3.17. The number of benzene rings is 2. The van der Waals surface area contributed by atoms with Crippen LogP contribution in [0, 0.1) is 17.5 Å². The molecular weight excluding hydrogens is 279 g/mol. The first kappa shape index (κ1) is 15.1. The highest BCUT2D eigenvalue weighted by molar-refractivity contribution is 5.64. The molecule has 0 bridgehead atoms. The summed E-state index contributed by atoms with van der Waals surface area (Å²) in [6, 6.07) is 8.93. The molecule has 0 aliphatic carbocycles. The first-order chi connectivity index (χ1) is 10.0. The van der Waals surface area contributed by atoms with Crippen LogP contribution in [0.3, 0.4) is 0 Å². The van der Waals surface area contributed by atoms with Crippen LogP contribution in [0.1, 0.15) is 12.5 Å². The van der Waals surface area contributed by atoms with Gasteiger partial charge in [0.05, 0.1) is 0 Å². The van der Waals surface area contributed by atoms with E-state index in [0.717, 1.165) is 17.7 Å². The fourth-order valence-corrected chi connectivity index (χ4v) is 2.08. The van der Waals surface area contributed by atoms with Gasteiger partial charge < -0.3 is 5.32 Å². The molecule has 0 aliphatic heterocycles. The van der Waals surface area contributed by atoms with Gasteiger partial charge in [-0.05, 0) is 42.2 Å². The van der Waals surface area contributed by atoms with Gasteiger partial charge >= 0.3 is 0 Å². The van der Waals surface area contributed by atoms with E-state index in [4.69, 9.17) is 0 Å². The van der Waals surface area contributed by atoms with Crippen LogP contribution in [0.5, 0.6) is 0 Å². The summed E-state index contributed by atoms with van der Waals surface area (Å²) in [6.45, 7) is 1.87. The molecule has 5 heteroatoms. The lowest BCUT2D eigenvalue weighted by Crippen LogP contribution is -2.26. The van der Waals surface area contributed by atoms with E-state index in [0.29, 0.717) is 18.4 Å². The van der Waals surface area contributed by atoms with Gasteiger partial charge in [-0.25, -0.2) is 13.2 Å². The van der Waals surface area contributed by atoms with E-state index in [-0.39, 0.29) is 11.6 Å². The summed E-state index contributed by atoms with van der Waals surface area (Å²) in [6.07, 6.45) is 1.29. The molecule has 0 aliphatic rings. The Labute approximate surface area is 120 Å². The molecule has 0 saturated heterocycles. The van der Waals surface area contributed by atoms with Crippen molar-refractivity contribution >= 4 is 6.41 Å². The highest BCUT2D eigenvalue weighted by Crippen LogP contribution is 2.24. The summed E-state index contributed by atoms with van der Waals surface area (Å²) in [5.41, 5.74) is 1.84. The minimum Gasteiger partial charge on any atom is -0.356 e. The number of carbonyl (C=O) groups is 1. The SMILES string of the molecule is CC(Cc1ccc(-c2cc(F)c(F)c(F)c2)cc1)NC=O. The van der Waals surface area contributed by atoms with Crippen LogP contribution >= 0.6 is 0 Å². The smallest absolute Gasteiger partial charge is 0.207 e. The molecule has 2 nitrogen and oxygen atoms in total. The van der Waals surface area contributed by atoms with Crippen LogP contribution in [-0.2, 0) is 11.2 Å². The van der Waals surface area contributed by atoms with Gasteiger partial charge in [0.25, 0.3) is 0 Å². The van der Waals surface area contributed by atoms with Gasteiger partial charge in [0.2, 0.25) is 6.41 Å². The van der Waals surface area contributed by atoms with Crippen LogP contribution in [0.15, 0.2) is 36.4 Å². The molecule has 1 amide bonds. The molecule has 1 unspecified atom stereocenters. The lowest BCUT2D eigenvalue weighted by Gasteiger charge is -2.10. The number of halogens is 3. The molecular formula is C16H14F3NO. The van der Waals surface area contributed by atoms with E-state index in [9.17, 15) is 18.0 Å². The molecule has 0 saturated carbocycles. The van der Waals surface area contributed by atoms with Crippen LogP contribution < -0.4 is 5.32 Å². The third kappa shape index (κ3) is 3.62. The van der Waals surface area contributed by atoms with Crippen molar-refractivity contribution in [2.75, 3.05) is 0 Å². The van der Waals surface area contributed by atoms with Crippen molar-refractivity contribution in [2.24, 2.45) is 0 Å². The monoisotopic (exact) mass is 293 g/mol. The van der Waals surface area contributed by atoms with Gasteiger partial charge in [0.15, 0.2) is 17.5 Å². The molecule has 2 aromatic carbocycles. The van der Waals surface area contributed by atoms with E-state index < -0.39 is 17.5 Å². The molecule has 2 rings (SSSR count). The Morgan fingerprint density at radius 1 is 1.05 bits per heavy atom. The van der Waals surface area contributed by atoms with Gasteiger partial charge in [-0.15, -0.1) is 0 Å². The first-order valence-electron chi connectivity index (χ1n) is 6.45. The third-order valence-electron chi connectivity index (χ3n) is 3.17. The van der Waals surface area contributed by atoms with E-state index >= 15 is 0 Å². The zero-order chi connectivity index (χ0) is 15.4. The van der Waals surface area contributed by atoms with E-state index in [1.165, 1.54) is 0 Å². The predicted molar refractivity (Wildman–Crippen MR) is 74.1 cm³/mol. The largest absolute Gasteiger partial charge is 0.356 e. The summed E-state index contributed by atoms with van der Waals surface area (Å²) in [7, 11) is 0. The maximum Gasteiger partial charge on any atom is 0.207 e. The van der Waals surface area contributed by atoms with Crippen molar-refractivity contribution in [3.05, 3.63) is 59.4 Å². The van der Waals surface area contributed by atoms with Crippen LogP contribution in [0.4, 0.5) is 13.2 Å². The van der Waals surface area contributed by atoms with Crippen molar-refractivity contribution in [3.63, 3.8) is 0 Å². The predicted octanol–water partition coefficient (Wildman–Crippen LogP) is 3.45. The highest BCUT2D eigenvalue weighted by Gasteiger charge is 2.11. The van der Waals surface area contributed by atoms with E-state index in [2.05, 4.69) is 5.32 Å². The van der Waals surface area contributed by atoms with Crippen molar-refractivity contribution in [3.8, 4) is 11.1 Å². The molecule has 1 N–H and O–H groups in total. The number of rotatable bonds is 5. The first-order valence-corrected chi connectivity index (χ1v) is 6.45. The number of hydrogen-bond acceptors (Lipinski definition) is 1. The maximum atomic E-state index is 13.2. The van der Waals surface area contributed by atoms with Crippen molar-refractivity contribution in [1.29, 1.82) is 0 Å². The minimum absolute atomic E-state index is 0.00550. The second-order valence-electron chi connectivity index (χ2n) is 4.84. The van der Waals surface area contributed by atoms with Crippen LogP contribution in [-0.4, -0.2) is 12.5 Å². The second kappa shape index (κ2) is 6.43. The molecule has 0 aromatic heterocycles. The molecule has 0 spiro atoms. The quantitative estimate of drug-likeness (QED) is 0.664. The molecule has 21 heavy (non-hydrogen) atoms. The zero-order valence-corrected chi connectivity index (χ0v) is 11.4. The molecule has 1 atom stereocenters. The Hall–Kier alpha value is -2.30. The molecule has 0 heterocycles. The lowest BCUT2D eigenvalue weighted by atomic mass is 10.0. The van der Waals surface area contributed by atoms with Gasteiger partial charge in [-0.3, -0.25) is 4.79 Å². The summed E-state index contributed by atoms with van der Waals surface area (Å²) in [5, 5.41) is 2.64. The van der Waals surface area contributed by atoms with Crippen molar-refractivity contribution in [1.82, 2.24) is 5.32 Å². The van der Waals surface area contributed by atoms with Crippen LogP contribution in [0.25, 0.3) is 11.1 Å². The average Bonchev–Trinajstić information content (AvgIpc) is 2.45. The lowest BCUT2D eigenvalue weighted by molar-refractivity contribution is -0.110. The second-order valence-corrected chi connectivity index (χ2v) is 4.84. The van der Waals surface area contributed by atoms with E-state index in [1.807, 2.05) is 6.92 Å². The Morgan fingerprint density at radius 2 is 1.62 bits per heavy atom. The fourth-order valence-electron chi connectivity index (χ4n) is 2.08. The average molecular weight is 293 g/mol. The van der Waals surface area contributed by atoms with Gasteiger partial charge in [0, 0.05) is 6.04 Å². The molecule has 2 aromatic rings. The van der Waals surface area contributed by atoms with Crippen molar-refractivity contribution in [2.45, 2.75) is 19.4 Å². The standard InChI is InChI=1S/C16H14F3NO/c1-10(20-9-21)6-11-2-4-12(5-3-11)13-7-14(17)16(19)15(18)8-13/h2-5,7-10H,6H2,1H3,(H,20,21). The highest BCUT2D eigenvalue weighted by atomic mass is 19.2. The summed E-state index contributed by atoms with van der Waals surface area (Å²) in [5.74, 6) is -3.89. The Balaban J connectivity index is 2.21. The molecule has 0 fully saturated rings. The number of carbonyl (C=O) groups excluding carboxylic acids is 1. The van der Waals surface area contributed by atoms with Crippen molar-refractivity contribution < 1.29 is 18.0 Å². The van der Waals surface area contributed by atoms with E-state index in [1.54, 1.807) is 24.3 Å². The normalized spacial score (nSPS) is 12.0. The van der Waals surface area contributed by atoms with Crippen LogP contribution in [0.2, 0.25) is 0 Å². The molecule has 0 radical (unpaired) electrons. The van der Waals surface area contributed by atoms with Gasteiger partial charge in [-0.2, -0.15) is 0 Å².